The van der Waals surface area contributed by atoms with Gasteiger partial charge in [-0.1, -0.05) is 38.1 Å². The first-order valence-electron chi connectivity index (χ1n) is 5.69. The van der Waals surface area contributed by atoms with Crippen molar-refractivity contribution in [2.45, 2.75) is 26.2 Å². The predicted octanol–water partition coefficient (Wildman–Crippen LogP) is 2.97. The van der Waals surface area contributed by atoms with Crippen molar-refractivity contribution in [2.24, 2.45) is 4.99 Å². The summed E-state index contributed by atoms with van der Waals surface area (Å²) < 4.78 is 0. The topological polar surface area (TPSA) is 49.7 Å². The molecule has 1 aromatic rings. The molecule has 0 fully saturated rings. The molecule has 0 saturated carbocycles. The lowest BCUT2D eigenvalue weighted by Gasteiger charge is -2.06. The molecule has 1 aliphatic rings. The van der Waals surface area contributed by atoms with Crippen LogP contribution in [-0.4, -0.2) is 16.8 Å². The zero-order chi connectivity index (χ0) is 12.4. The van der Waals surface area contributed by atoms with Crippen LogP contribution in [0.5, 0.6) is 0 Å². The Bertz CT molecular complexity index is 495. The van der Waals surface area contributed by atoms with Gasteiger partial charge in [-0.3, -0.25) is 0 Å². The first-order chi connectivity index (χ1) is 8.08. The van der Waals surface area contributed by atoms with Gasteiger partial charge < -0.3 is 5.11 Å². The van der Waals surface area contributed by atoms with E-state index in [0.717, 1.165) is 11.3 Å². The first-order valence-corrected chi connectivity index (χ1v) is 5.69. The number of aliphatic imine (C=N–C) groups is 1. The highest BCUT2D eigenvalue weighted by Gasteiger charge is 2.15. The van der Waals surface area contributed by atoms with Crippen LogP contribution in [0.15, 0.2) is 41.0 Å². The second-order valence-corrected chi connectivity index (χ2v) is 4.43. The minimum Gasteiger partial charge on any atom is -0.477 e. The van der Waals surface area contributed by atoms with Gasteiger partial charge >= 0.3 is 5.97 Å². The monoisotopic (exact) mass is 229 g/mol. The fraction of sp³-hybridized carbons (Fsp3) is 0.286. The van der Waals surface area contributed by atoms with Crippen LogP contribution in [0.1, 0.15) is 37.3 Å². The second-order valence-electron chi connectivity index (χ2n) is 4.43. The summed E-state index contributed by atoms with van der Waals surface area (Å²) in [5, 5.41) is 8.82. The van der Waals surface area contributed by atoms with E-state index in [9.17, 15) is 4.79 Å². The maximum absolute atomic E-state index is 10.7. The molecule has 3 heteroatoms. The van der Waals surface area contributed by atoms with Crippen molar-refractivity contribution < 1.29 is 9.90 Å². The number of benzene rings is 1. The van der Waals surface area contributed by atoms with Crippen molar-refractivity contribution in [2.75, 3.05) is 0 Å². The molecule has 0 saturated heterocycles. The van der Waals surface area contributed by atoms with E-state index in [-0.39, 0.29) is 5.70 Å². The number of carboxylic acids is 1. The van der Waals surface area contributed by atoms with Crippen molar-refractivity contribution >= 4 is 11.7 Å². The highest BCUT2D eigenvalue weighted by Crippen LogP contribution is 2.19. The third-order valence-electron chi connectivity index (χ3n) is 2.87. The fourth-order valence-corrected chi connectivity index (χ4v) is 1.81. The minimum absolute atomic E-state index is 0.146. The van der Waals surface area contributed by atoms with Crippen LogP contribution in [0.25, 0.3) is 0 Å². The van der Waals surface area contributed by atoms with Crippen LogP contribution in [0.4, 0.5) is 0 Å². The highest BCUT2D eigenvalue weighted by molar-refractivity contribution is 6.07. The fourth-order valence-electron chi connectivity index (χ4n) is 1.81. The number of carboxylic acid groups (broad SMARTS) is 1. The molecule has 1 aliphatic heterocycles. The maximum Gasteiger partial charge on any atom is 0.354 e. The van der Waals surface area contributed by atoms with Gasteiger partial charge in [-0.2, -0.15) is 0 Å². The molecule has 17 heavy (non-hydrogen) atoms. The normalized spacial score (nSPS) is 14.8. The molecule has 1 heterocycles. The molecule has 1 N–H and O–H groups in total. The van der Waals surface area contributed by atoms with Crippen molar-refractivity contribution in [1.29, 1.82) is 0 Å². The highest BCUT2D eigenvalue weighted by atomic mass is 16.4. The Morgan fingerprint density at radius 1 is 1.29 bits per heavy atom. The van der Waals surface area contributed by atoms with Gasteiger partial charge in [-0.25, -0.2) is 9.79 Å². The Morgan fingerprint density at radius 3 is 2.41 bits per heavy atom. The number of hydrogen-bond acceptors (Lipinski definition) is 2. The van der Waals surface area contributed by atoms with Crippen molar-refractivity contribution in [3.63, 3.8) is 0 Å². The number of aliphatic carboxylic acids is 1. The van der Waals surface area contributed by atoms with E-state index in [1.54, 1.807) is 6.08 Å². The molecule has 0 radical (unpaired) electrons. The average molecular weight is 229 g/mol. The van der Waals surface area contributed by atoms with E-state index in [0.29, 0.717) is 12.3 Å². The van der Waals surface area contributed by atoms with Gasteiger partial charge in [-0.05, 0) is 23.1 Å². The minimum atomic E-state index is -0.959. The Balaban J connectivity index is 2.21. The smallest absolute Gasteiger partial charge is 0.354 e. The van der Waals surface area contributed by atoms with Crippen molar-refractivity contribution in [3.8, 4) is 0 Å². The van der Waals surface area contributed by atoms with Gasteiger partial charge in [0.05, 0.1) is 5.71 Å². The van der Waals surface area contributed by atoms with E-state index < -0.39 is 5.97 Å². The summed E-state index contributed by atoms with van der Waals surface area (Å²) in [5.74, 6) is -0.457. The Morgan fingerprint density at radius 2 is 1.94 bits per heavy atom. The molecular weight excluding hydrogens is 214 g/mol. The van der Waals surface area contributed by atoms with Gasteiger partial charge in [-0.15, -0.1) is 0 Å². The quantitative estimate of drug-likeness (QED) is 0.866. The molecule has 0 unspecified atom stereocenters. The zero-order valence-corrected chi connectivity index (χ0v) is 9.97. The van der Waals surface area contributed by atoms with Gasteiger partial charge in [0.15, 0.2) is 0 Å². The summed E-state index contributed by atoms with van der Waals surface area (Å²) in [6.45, 7) is 4.29. The molecule has 0 spiro atoms. The number of carbonyl (C=O) groups is 1. The SMILES string of the molecule is CC(C)c1ccc(C2=NC(C(=O)O)=CC2)cc1. The number of nitrogens with zero attached hydrogens (tertiary/aromatic N) is 1. The third kappa shape index (κ3) is 2.44. The summed E-state index contributed by atoms with van der Waals surface area (Å²) in [4.78, 5) is 14.9. The molecule has 2 rings (SSSR count). The van der Waals surface area contributed by atoms with E-state index >= 15 is 0 Å². The van der Waals surface area contributed by atoms with Crippen molar-refractivity contribution in [3.05, 3.63) is 47.2 Å². The molecule has 0 aromatic heterocycles. The largest absolute Gasteiger partial charge is 0.477 e. The molecule has 88 valence electrons. The Kier molecular flexibility index (Phi) is 3.09. The molecule has 0 amide bonds. The Labute approximate surface area is 101 Å². The van der Waals surface area contributed by atoms with Crippen LogP contribution in [-0.2, 0) is 4.79 Å². The molecular formula is C14H15NO2. The molecule has 0 atom stereocenters. The number of rotatable bonds is 3. The summed E-state index contributed by atoms with van der Waals surface area (Å²) in [7, 11) is 0. The van der Waals surface area contributed by atoms with Crippen LogP contribution >= 0.6 is 0 Å². The van der Waals surface area contributed by atoms with Crippen molar-refractivity contribution in [1.82, 2.24) is 0 Å². The molecule has 0 bridgehead atoms. The van der Waals surface area contributed by atoms with E-state index in [1.807, 2.05) is 12.1 Å². The number of hydrogen-bond donors (Lipinski definition) is 1. The summed E-state index contributed by atoms with van der Waals surface area (Å²) >= 11 is 0. The lowest BCUT2D eigenvalue weighted by atomic mass is 10.00. The van der Waals surface area contributed by atoms with Crippen LogP contribution < -0.4 is 0 Å². The summed E-state index contributed by atoms with van der Waals surface area (Å²) in [6.07, 6.45) is 2.25. The van der Waals surface area contributed by atoms with Crippen LogP contribution in [0.2, 0.25) is 0 Å². The third-order valence-corrected chi connectivity index (χ3v) is 2.87. The summed E-state index contributed by atoms with van der Waals surface area (Å²) in [5.41, 5.74) is 3.26. The Hall–Kier alpha value is -1.90. The standard InChI is InChI=1S/C14H15NO2/c1-9(2)10-3-5-11(6-4-10)12-7-8-13(15-12)14(16)17/h3-6,8-9H,7H2,1-2H3,(H,16,17). The number of allylic oxidation sites excluding steroid dienone is 1. The predicted molar refractivity (Wildman–Crippen MR) is 67.4 cm³/mol. The average Bonchev–Trinajstić information content (AvgIpc) is 2.78. The maximum atomic E-state index is 10.7. The lowest BCUT2D eigenvalue weighted by molar-refractivity contribution is -0.132. The zero-order valence-electron chi connectivity index (χ0n) is 9.97. The first kappa shape index (κ1) is 11.6. The van der Waals surface area contributed by atoms with Gasteiger partial charge in [0.2, 0.25) is 0 Å². The molecule has 3 nitrogen and oxygen atoms in total. The second kappa shape index (κ2) is 4.53. The van der Waals surface area contributed by atoms with E-state index in [2.05, 4.69) is 31.0 Å². The molecule has 0 aliphatic carbocycles. The summed E-state index contributed by atoms with van der Waals surface area (Å²) in [6, 6.07) is 8.15. The molecule has 1 aromatic carbocycles. The van der Waals surface area contributed by atoms with Gasteiger partial charge in [0, 0.05) is 6.42 Å². The van der Waals surface area contributed by atoms with Crippen LogP contribution in [0, 0.1) is 0 Å². The lowest BCUT2D eigenvalue weighted by Crippen LogP contribution is -1.99. The van der Waals surface area contributed by atoms with Crippen LogP contribution in [0.3, 0.4) is 0 Å². The van der Waals surface area contributed by atoms with Gasteiger partial charge in [0.25, 0.3) is 0 Å². The van der Waals surface area contributed by atoms with E-state index in [1.165, 1.54) is 5.56 Å². The van der Waals surface area contributed by atoms with Gasteiger partial charge in [0.1, 0.15) is 5.70 Å². The van der Waals surface area contributed by atoms with E-state index in [4.69, 9.17) is 5.11 Å².